The summed E-state index contributed by atoms with van der Waals surface area (Å²) in [5.41, 5.74) is 0.184. The molecule has 4 aromatic rings. The molecule has 0 bridgehead atoms. The van der Waals surface area contributed by atoms with Crippen molar-refractivity contribution in [3.05, 3.63) is 72.3 Å². The summed E-state index contributed by atoms with van der Waals surface area (Å²) in [6.45, 7) is -0.0907. The summed E-state index contributed by atoms with van der Waals surface area (Å²) in [7, 11) is 1.58. The second kappa shape index (κ2) is 7.93. The molecule has 0 unspecified atom stereocenters. The summed E-state index contributed by atoms with van der Waals surface area (Å²) in [6, 6.07) is 9.43. The van der Waals surface area contributed by atoms with Gasteiger partial charge in [0.1, 0.15) is 24.1 Å². The maximum Gasteiger partial charge on any atom is 0.289 e. The highest BCUT2D eigenvalue weighted by atomic mass is 19.1. The van der Waals surface area contributed by atoms with Crippen LogP contribution in [0.5, 0.6) is 5.75 Å². The number of likely N-dealkylation sites (N-methyl/N-ethyl adjacent to an activating group) is 1. The smallest absolute Gasteiger partial charge is 0.289 e. The first-order valence-electron chi connectivity index (χ1n) is 9.89. The molecule has 1 N–H and O–H groups in total. The number of para-hydroxylation sites is 3. The van der Waals surface area contributed by atoms with Gasteiger partial charge in [0.15, 0.2) is 17.3 Å². The van der Waals surface area contributed by atoms with Crippen molar-refractivity contribution in [3.8, 4) is 11.4 Å². The maximum atomic E-state index is 14.3. The first-order chi connectivity index (χ1) is 15.9. The highest BCUT2D eigenvalue weighted by Gasteiger charge is 2.31. The summed E-state index contributed by atoms with van der Waals surface area (Å²) in [6.07, 6.45) is 2.64. The lowest BCUT2D eigenvalue weighted by Crippen LogP contribution is -2.49. The average molecular weight is 450 g/mol. The molecule has 0 fully saturated rings. The van der Waals surface area contributed by atoms with Gasteiger partial charge >= 0.3 is 0 Å². The van der Waals surface area contributed by atoms with Crippen LogP contribution in [0.1, 0.15) is 10.6 Å². The van der Waals surface area contributed by atoms with Crippen LogP contribution in [0, 0.1) is 11.6 Å². The number of anilines is 1. The van der Waals surface area contributed by atoms with E-state index in [2.05, 4.69) is 20.4 Å². The second-order valence-electron chi connectivity index (χ2n) is 7.30. The highest BCUT2D eigenvalue weighted by Crippen LogP contribution is 2.30. The monoisotopic (exact) mass is 450 g/mol. The molecule has 1 aliphatic heterocycles. The lowest BCUT2D eigenvalue weighted by atomic mass is 10.2. The maximum absolute atomic E-state index is 14.3. The summed E-state index contributed by atoms with van der Waals surface area (Å²) in [4.78, 5) is 35.3. The van der Waals surface area contributed by atoms with Crippen molar-refractivity contribution >= 4 is 28.5 Å². The first-order valence-corrected chi connectivity index (χ1v) is 9.89. The number of halogens is 2. The van der Waals surface area contributed by atoms with Crippen LogP contribution in [-0.2, 0) is 4.79 Å². The van der Waals surface area contributed by atoms with Gasteiger partial charge in [-0.1, -0.05) is 18.2 Å². The van der Waals surface area contributed by atoms with Gasteiger partial charge in [-0.15, -0.1) is 0 Å². The predicted octanol–water partition coefficient (Wildman–Crippen LogP) is 2.25. The van der Waals surface area contributed by atoms with Gasteiger partial charge in [-0.05, 0) is 24.3 Å². The van der Waals surface area contributed by atoms with Gasteiger partial charge in [-0.2, -0.15) is 5.10 Å². The first kappa shape index (κ1) is 20.5. The minimum Gasteiger partial charge on any atom is -0.489 e. The van der Waals surface area contributed by atoms with E-state index in [0.29, 0.717) is 16.8 Å². The van der Waals surface area contributed by atoms with Gasteiger partial charge in [-0.25, -0.2) is 23.4 Å². The van der Waals surface area contributed by atoms with Crippen LogP contribution in [0.2, 0.25) is 0 Å². The fourth-order valence-corrected chi connectivity index (χ4v) is 3.56. The van der Waals surface area contributed by atoms with Crippen LogP contribution in [0.25, 0.3) is 16.7 Å². The summed E-state index contributed by atoms with van der Waals surface area (Å²) in [5, 5.41) is 6.93. The third kappa shape index (κ3) is 3.53. The van der Waals surface area contributed by atoms with Crippen molar-refractivity contribution in [3.63, 3.8) is 0 Å². The fraction of sp³-hybridized carbons (Fsp3) is 0.136. The summed E-state index contributed by atoms with van der Waals surface area (Å²) >= 11 is 0. The van der Waals surface area contributed by atoms with Crippen molar-refractivity contribution in [1.29, 1.82) is 0 Å². The zero-order valence-corrected chi connectivity index (χ0v) is 17.2. The van der Waals surface area contributed by atoms with Gasteiger partial charge in [0.05, 0.1) is 17.3 Å². The van der Waals surface area contributed by atoms with Gasteiger partial charge in [0.25, 0.3) is 11.8 Å². The van der Waals surface area contributed by atoms with Crippen LogP contribution in [0.4, 0.5) is 14.5 Å². The molecular weight excluding hydrogens is 434 g/mol. The van der Waals surface area contributed by atoms with E-state index in [9.17, 15) is 18.4 Å². The Bertz CT molecular complexity index is 1390. The lowest BCUT2D eigenvalue weighted by Gasteiger charge is -2.20. The molecule has 2 aromatic carbocycles. The molecule has 5 rings (SSSR count). The minimum absolute atomic E-state index is 0.0344. The molecule has 2 aromatic heterocycles. The van der Waals surface area contributed by atoms with Crippen LogP contribution in [0.15, 0.2) is 54.9 Å². The van der Waals surface area contributed by atoms with Crippen molar-refractivity contribution < 1.29 is 23.1 Å². The number of rotatable bonds is 3. The number of hydrogen-bond acceptors (Lipinski definition) is 6. The van der Waals surface area contributed by atoms with Crippen LogP contribution in [-0.4, -0.2) is 51.3 Å². The molecule has 3 heterocycles. The molecule has 1 aliphatic rings. The highest BCUT2D eigenvalue weighted by molar-refractivity contribution is 6.02. The number of benzene rings is 2. The van der Waals surface area contributed by atoms with E-state index in [-0.39, 0.29) is 24.0 Å². The van der Waals surface area contributed by atoms with E-state index in [4.69, 9.17) is 4.74 Å². The van der Waals surface area contributed by atoms with E-state index >= 15 is 0 Å². The molecular formula is C22H16F2N6O3. The Labute approximate surface area is 185 Å². The molecule has 0 saturated carbocycles. The topological polar surface area (TPSA) is 102 Å². The minimum atomic E-state index is -0.997. The largest absolute Gasteiger partial charge is 0.489 e. The van der Waals surface area contributed by atoms with Crippen LogP contribution >= 0.6 is 0 Å². The Kier molecular flexibility index (Phi) is 4.93. The Balaban J connectivity index is 1.44. The van der Waals surface area contributed by atoms with Crippen molar-refractivity contribution in [2.24, 2.45) is 0 Å². The SMILES string of the molecule is CN1C(=O)[C@@H](NC(=O)c2ncc3cnn(-c4c(F)cccc4F)c3n2)COc2ccccc21. The Morgan fingerprint density at radius 1 is 1.12 bits per heavy atom. The molecule has 0 spiro atoms. The molecule has 0 radical (unpaired) electrons. The molecule has 11 heteroatoms. The van der Waals surface area contributed by atoms with Crippen molar-refractivity contribution in [1.82, 2.24) is 25.1 Å². The van der Waals surface area contributed by atoms with Crippen molar-refractivity contribution in [2.45, 2.75) is 6.04 Å². The summed E-state index contributed by atoms with van der Waals surface area (Å²) in [5.74, 6) is -2.59. The van der Waals surface area contributed by atoms with Crippen LogP contribution < -0.4 is 15.0 Å². The predicted molar refractivity (Wildman–Crippen MR) is 113 cm³/mol. The zero-order chi connectivity index (χ0) is 23.1. The third-order valence-electron chi connectivity index (χ3n) is 5.23. The number of nitrogens with one attached hydrogen (secondary N) is 1. The fourth-order valence-electron chi connectivity index (χ4n) is 3.56. The second-order valence-corrected chi connectivity index (χ2v) is 7.30. The Morgan fingerprint density at radius 3 is 2.67 bits per heavy atom. The van der Waals surface area contributed by atoms with Crippen LogP contribution in [0.3, 0.4) is 0 Å². The van der Waals surface area contributed by atoms with E-state index in [0.717, 1.165) is 16.8 Å². The summed E-state index contributed by atoms with van der Waals surface area (Å²) < 4.78 is 35.2. The number of amides is 2. The number of aromatic nitrogens is 4. The van der Waals surface area contributed by atoms with Gasteiger partial charge < -0.3 is 15.0 Å². The van der Waals surface area contributed by atoms with Gasteiger partial charge in [-0.3, -0.25) is 9.59 Å². The van der Waals surface area contributed by atoms with E-state index in [1.54, 1.807) is 31.3 Å². The number of nitrogens with zero attached hydrogens (tertiary/aromatic N) is 5. The molecule has 9 nitrogen and oxygen atoms in total. The molecule has 0 saturated heterocycles. The lowest BCUT2D eigenvalue weighted by molar-refractivity contribution is -0.120. The standard InChI is InChI=1S/C22H16F2N6O3/c1-29-16-7-2-3-8-17(16)33-11-15(22(29)32)27-21(31)19-25-9-12-10-26-30(20(12)28-19)18-13(23)5-4-6-14(18)24/h2-10,15H,11H2,1H3,(H,27,31)/t15-/m0/s1. The zero-order valence-electron chi connectivity index (χ0n) is 17.2. The Hall–Kier alpha value is -4.41. The van der Waals surface area contributed by atoms with Gasteiger partial charge in [0, 0.05) is 13.2 Å². The molecule has 166 valence electrons. The quantitative estimate of drug-likeness (QED) is 0.514. The number of carbonyl (C=O) groups is 2. The molecule has 0 aliphatic carbocycles. The molecule has 2 amide bonds. The van der Waals surface area contributed by atoms with Gasteiger partial charge in [0.2, 0.25) is 5.82 Å². The molecule has 33 heavy (non-hydrogen) atoms. The number of carbonyl (C=O) groups excluding carboxylic acids is 2. The average Bonchev–Trinajstić information content (AvgIpc) is 3.19. The number of hydrogen-bond donors (Lipinski definition) is 1. The number of fused-ring (bicyclic) bond motifs is 2. The molecule has 1 atom stereocenters. The van der Waals surface area contributed by atoms with E-state index in [1.165, 1.54) is 23.4 Å². The van der Waals surface area contributed by atoms with E-state index < -0.39 is 29.3 Å². The van der Waals surface area contributed by atoms with Crippen molar-refractivity contribution in [2.75, 3.05) is 18.6 Å². The Morgan fingerprint density at radius 2 is 1.88 bits per heavy atom. The third-order valence-corrected chi connectivity index (χ3v) is 5.23. The number of ether oxygens (including phenoxy) is 1. The van der Waals surface area contributed by atoms with E-state index in [1.807, 2.05) is 0 Å². The normalized spacial score (nSPS) is 15.7.